The lowest BCUT2D eigenvalue weighted by molar-refractivity contribution is -0.137. The average molecular weight is 317 g/mol. The molecule has 0 spiro atoms. The Morgan fingerprint density at radius 1 is 1.00 bits per heavy atom. The highest BCUT2D eigenvalue weighted by molar-refractivity contribution is 6.39. The number of rotatable bonds is 2. The molecular formula is C18H27N3O2. The molecule has 2 amide bonds. The van der Waals surface area contributed by atoms with Crippen molar-refractivity contribution in [3.8, 4) is 0 Å². The van der Waals surface area contributed by atoms with E-state index in [0.717, 1.165) is 12.8 Å². The largest absolute Gasteiger partial charge is 0.345 e. The summed E-state index contributed by atoms with van der Waals surface area (Å²) in [7, 11) is 2.11. The van der Waals surface area contributed by atoms with Crippen molar-refractivity contribution in [2.45, 2.75) is 57.7 Å². The van der Waals surface area contributed by atoms with Crippen LogP contribution in [-0.4, -0.2) is 40.9 Å². The number of nitrogens with one attached hydrogen (secondary N) is 2. The third kappa shape index (κ3) is 4.10. The first-order valence-corrected chi connectivity index (χ1v) is 8.03. The molecule has 0 aromatic heterocycles. The number of carbonyl (C=O) groups excluding carboxylic acids is 2. The third-order valence-electron chi connectivity index (χ3n) is 4.88. The molecule has 5 nitrogen and oxygen atoms in total. The first kappa shape index (κ1) is 17.5. The molecule has 1 fully saturated rings. The van der Waals surface area contributed by atoms with E-state index in [0.29, 0.717) is 5.69 Å². The number of para-hydroxylation sites is 1. The first-order chi connectivity index (χ1) is 10.6. The number of anilines is 1. The SMILES string of the molecule is CN1C(C)(C)CC(NC(=O)C(=O)Nc2ccccc2)CC1(C)C. The van der Waals surface area contributed by atoms with Gasteiger partial charge in [-0.2, -0.15) is 0 Å². The van der Waals surface area contributed by atoms with Gasteiger partial charge in [0.15, 0.2) is 0 Å². The zero-order chi connectivity index (χ0) is 17.3. The molecule has 1 aromatic carbocycles. The van der Waals surface area contributed by atoms with Crippen molar-refractivity contribution in [3.63, 3.8) is 0 Å². The van der Waals surface area contributed by atoms with Gasteiger partial charge < -0.3 is 10.6 Å². The fourth-order valence-corrected chi connectivity index (χ4v) is 3.43. The summed E-state index contributed by atoms with van der Waals surface area (Å²) < 4.78 is 0. The molecule has 0 atom stereocenters. The van der Waals surface area contributed by atoms with E-state index in [-0.39, 0.29) is 17.1 Å². The van der Waals surface area contributed by atoms with Crippen molar-refractivity contribution < 1.29 is 9.59 Å². The van der Waals surface area contributed by atoms with Crippen LogP contribution < -0.4 is 10.6 Å². The maximum Gasteiger partial charge on any atom is 0.313 e. The first-order valence-electron chi connectivity index (χ1n) is 8.03. The number of benzene rings is 1. The monoisotopic (exact) mass is 317 g/mol. The summed E-state index contributed by atoms with van der Waals surface area (Å²) in [6.07, 6.45) is 1.63. The van der Waals surface area contributed by atoms with Crippen LogP contribution >= 0.6 is 0 Å². The number of hydrogen-bond donors (Lipinski definition) is 2. The van der Waals surface area contributed by atoms with E-state index < -0.39 is 11.8 Å². The van der Waals surface area contributed by atoms with E-state index in [1.54, 1.807) is 12.1 Å². The number of likely N-dealkylation sites (tertiary alicyclic amines) is 1. The smallest absolute Gasteiger partial charge is 0.313 e. The Kier molecular flexibility index (Phi) is 4.80. The van der Waals surface area contributed by atoms with Gasteiger partial charge in [-0.15, -0.1) is 0 Å². The fourth-order valence-electron chi connectivity index (χ4n) is 3.43. The van der Waals surface area contributed by atoms with Gasteiger partial charge in [0.2, 0.25) is 0 Å². The van der Waals surface area contributed by atoms with E-state index in [4.69, 9.17) is 0 Å². The Morgan fingerprint density at radius 2 is 1.52 bits per heavy atom. The van der Waals surface area contributed by atoms with Gasteiger partial charge in [0, 0.05) is 22.8 Å². The predicted molar refractivity (Wildman–Crippen MR) is 92.2 cm³/mol. The van der Waals surface area contributed by atoms with Gasteiger partial charge >= 0.3 is 11.8 Å². The van der Waals surface area contributed by atoms with Crippen LogP contribution in [0.4, 0.5) is 5.69 Å². The number of carbonyl (C=O) groups is 2. The molecule has 1 aliphatic rings. The minimum absolute atomic E-state index is 0.00905. The summed E-state index contributed by atoms with van der Waals surface area (Å²) in [5.41, 5.74) is 0.558. The topological polar surface area (TPSA) is 61.4 Å². The number of piperidine rings is 1. The third-order valence-corrected chi connectivity index (χ3v) is 4.88. The lowest BCUT2D eigenvalue weighted by Crippen LogP contribution is -2.63. The van der Waals surface area contributed by atoms with Crippen LogP contribution in [0, 0.1) is 0 Å². The maximum atomic E-state index is 12.2. The van der Waals surface area contributed by atoms with Gasteiger partial charge in [-0.1, -0.05) is 18.2 Å². The molecule has 0 aliphatic carbocycles. The van der Waals surface area contributed by atoms with Crippen LogP contribution in [-0.2, 0) is 9.59 Å². The fraction of sp³-hybridized carbons (Fsp3) is 0.556. The Bertz CT molecular complexity index is 563. The zero-order valence-electron chi connectivity index (χ0n) is 14.6. The molecule has 23 heavy (non-hydrogen) atoms. The zero-order valence-corrected chi connectivity index (χ0v) is 14.6. The minimum atomic E-state index is -0.620. The number of amides is 2. The van der Waals surface area contributed by atoms with Crippen LogP contribution in [0.5, 0.6) is 0 Å². The van der Waals surface area contributed by atoms with Crippen LogP contribution in [0.2, 0.25) is 0 Å². The van der Waals surface area contributed by atoms with Crippen molar-refractivity contribution in [2.24, 2.45) is 0 Å². The molecule has 0 radical (unpaired) electrons. The van der Waals surface area contributed by atoms with E-state index in [9.17, 15) is 9.59 Å². The van der Waals surface area contributed by atoms with Crippen LogP contribution in [0.3, 0.4) is 0 Å². The molecule has 0 saturated carbocycles. The Labute approximate surface area is 138 Å². The van der Waals surface area contributed by atoms with E-state index in [1.165, 1.54) is 0 Å². The lowest BCUT2D eigenvalue weighted by atomic mass is 9.77. The van der Waals surface area contributed by atoms with Crippen LogP contribution in [0.15, 0.2) is 30.3 Å². The van der Waals surface area contributed by atoms with Crippen LogP contribution in [0.25, 0.3) is 0 Å². The van der Waals surface area contributed by atoms with Crippen molar-refractivity contribution in [2.75, 3.05) is 12.4 Å². The highest BCUT2D eigenvalue weighted by atomic mass is 16.2. The summed E-state index contributed by atoms with van der Waals surface area (Å²) >= 11 is 0. The van der Waals surface area contributed by atoms with E-state index >= 15 is 0 Å². The molecule has 5 heteroatoms. The van der Waals surface area contributed by atoms with Gasteiger partial charge in [0.25, 0.3) is 0 Å². The van der Waals surface area contributed by atoms with Crippen molar-refractivity contribution in [1.82, 2.24) is 10.2 Å². The molecular weight excluding hydrogens is 290 g/mol. The molecule has 2 rings (SSSR count). The molecule has 126 valence electrons. The summed E-state index contributed by atoms with van der Waals surface area (Å²) in [5, 5.41) is 5.51. The quantitative estimate of drug-likeness (QED) is 0.823. The van der Waals surface area contributed by atoms with Crippen molar-refractivity contribution >= 4 is 17.5 Å². The normalized spacial score (nSPS) is 20.7. The maximum absolute atomic E-state index is 12.2. The van der Waals surface area contributed by atoms with E-state index in [1.807, 2.05) is 18.2 Å². The highest BCUT2D eigenvalue weighted by Gasteiger charge is 2.43. The van der Waals surface area contributed by atoms with E-state index in [2.05, 4.69) is 50.3 Å². The molecule has 1 heterocycles. The number of hydrogen-bond acceptors (Lipinski definition) is 3. The van der Waals surface area contributed by atoms with Crippen molar-refractivity contribution in [1.29, 1.82) is 0 Å². The standard InChI is InChI=1S/C18H27N3O2/c1-17(2)11-14(12-18(3,4)21(17)5)20-16(23)15(22)19-13-9-7-6-8-10-13/h6-10,14H,11-12H2,1-5H3,(H,19,22)(H,20,23). The van der Waals surface area contributed by atoms with Gasteiger partial charge in [-0.25, -0.2) is 0 Å². The van der Waals surface area contributed by atoms with Crippen LogP contribution in [0.1, 0.15) is 40.5 Å². The number of nitrogens with zero attached hydrogens (tertiary/aromatic N) is 1. The average Bonchev–Trinajstić information content (AvgIpc) is 2.45. The molecule has 1 aromatic rings. The molecule has 2 N–H and O–H groups in total. The predicted octanol–water partition coefficient (Wildman–Crippen LogP) is 2.39. The van der Waals surface area contributed by atoms with Gasteiger partial charge in [0.1, 0.15) is 0 Å². The second-order valence-corrected chi connectivity index (χ2v) is 7.58. The second kappa shape index (κ2) is 6.32. The molecule has 1 aliphatic heterocycles. The van der Waals surface area contributed by atoms with Gasteiger partial charge in [0.05, 0.1) is 0 Å². The lowest BCUT2D eigenvalue weighted by Gasteiger charge is -2.53. The molecule has 0 unspecified atom stereocenters. The molecule has 0 bridgehead atoms. The Balaban J connectivity index is 1.98. The van der Waals surface area contributed by atoms with Gasteiger partial charge in [-0.3, -0.25) is 14.5 Å². The van der Waals surface area contributed by atoms with Gasteiger partial charge in [-0.05, 0) is 59.7 Å². The summed E-state index contributed by atoms with van der Waals surface area (Å²) in [6.45, 7) is 8.66. The van der Waals surface area contributed by atoms with Crippen molar-refractivity contribution in [3.05, 3.63) is 30.3 Å². The minimum Gasteiger partial charge on any atom is -0.345 e. The second-order valence-electron chi connectivity index (χ2n) is 7.58. The Hall–Kier alpha value is -1.88. The molecule has 1 saturated heterocycles. The summed E-state index contributed by atoms with van der Waals surface area (Å²) in [5.74, 6) is -1.19. The summed E-state index contributed by atoms with van der Waals surface area (Å²) in [6, 6.07) is 8.99. The highest BCUT2D eigenvalue weighted by Crippen LogP contribution is 2.36. The summed E-state index contributed by atoms with van der Waals surface area (Å²) in [4.78, 5) is 26.6. The Morgan fingerprint density at radius 3 is 2.04 bits per heavy atom.